The van der Waals surface area contributed by atoms with Crippen molar-refractivity contribution in [3.8, 4) is 0 Å². The van der Waals surface area contributed by atoms with E-state index in [0.29, 0.717) is 32.3 Å². The zero-order chi connectivity index (χ0) is 27.1. The second-order valence-electron chi connectivity index (χ2n) is 10.8. The molecule has 0 amide bonds. The van der Waals surface area contributed by atoms with Crippen LogP contribution in [0.3, 0.4) is 0 Å². The average molecular weight is 529 g/mol. The molecule has 0 aliphatic heterocycles. The predicted molar refractivity (Wildman–Crippen MR) is 156 cm³/mol. The molecule has 0 aliphatic rings. The monoisotopic (exact) mass is 528 g/mol. The summed E-state index contributed by atoms with van der Waals surface area (Å²) in [5.41, 5.74) is 0. The van der Waals surface area contributed by atoms with Crippen LogP contribution in [0, 0.1) is 5.92 Å². The molecule has 5 heteroatoms. The van der Waals surface area contributed by atoms with E-state index in [2.05, 4.69) is 13.8 Å². The van der Waals surface area contributed by atoms with Gasteiger partial charge in [0.2, 0.25) is 0 Å². The molecule has 0 spiro atoms. The first-order chi connectivity index (χ1) is 18.2. The van der Waals surface area contributed by atoms with Crippen molar-refractivity contribution in [3.05, 3.63) is 0 Å². The minimum absolute atomic E-state index is 0.0460. The Bertz CT molecular complexity index is 423. The normalized spacial score (nSPS) is 11.5. The lowest BCUT2D eigenvalue weighted by Crippen LogP contribution is -2.16. The van der Waals surface area contributed by atoms with Gasteiger partial charge >= 0.3 is 5.97 Å². The van der Waals surface area contributed by atoms with Gasteiger partial charge in [0.25, 0.3) is 0 Å². The van der Waals surface area contributed by atoms with E-state index in [1.165, 1.54) is 116 Å². The van der Waals surface area contributed by atoms with Gasteiger partial charge in [0.1, 0.15) is 6.61 Å². The maximum Gasteiger partial charge on any atom is 0.332 e. The van der Waals surface area contributed by atoms with Crippen LogP contribution in [0.4, 0.5) is 0 Å². The number of hydrogen-bond donors (Lipinski definition) is 0. The lowest BCUT2D eigenvalue weighted by atomic mass is 9.91. The van der Waals surface area contributed by atoms with Crippen LogP contribution in [-0.4, -0.2) is 52.7 Å². The van der Waals surface area contributed by atoms with Gasteiger partial charge in [-0.05, 0) is 25.2 Å². The minimum atomic E-state index is -0.237. The zero-order valence-electron chi connectivity index (χ0n) is 25.2. The van der Waals surface area contributed by atoms with Gasteiger partial charge in [0.05, 0.1) is 6.61 Å². The van der Waals surface area contributed by atoms with E-state index < -0.39 is 0 Å². The molecule has 0 saturated heterocycles. The van der Waals surface area contributed by atoms with Crippen molar-refractivity contribution in [3.63, 3.8) is 0 Å². The van der Waals surface area contributed by atoms with Crippen molar-refractivity contribution >= 4 is 5.97 Å². The molecule has 0 aromatic heterocycles. The van der Waals surface area contributed by atoms with Crippen LogP contribution in [0.5, 0.6) is 0 Å². The quantitative estimate of drug-likeness (QED) is 0.0663. The summed E-state index contributed by atoms with van der Waals surface area (Å²) in [4.78, 5) is 12.1. The number of hydrogen-bond acceptors (Lipinski definition) is 5. The van der Waals surface area contributed by atoms with Gasteiger partial charge in [0.15, 0.2) is 0 Å². The first-order valence-electron chi connectivity index (χ1n) is 16.0. The highest BCUT2D eigenvalue weighted by atomic mass is 16.6. The summed E-state index contributed by atoms with van der Waals surface area (Å²) >= 11 is 0. The van der Waals surface area contributed by atoms with Crippen molar-refractivity contribution in [2.45, 2.75) is 149 Å². The zero-order valence-corrected chi connectivity index (χ0v) is 25.2. The third-order valence-corrected chi connectivity index (χ3v) is 7.16. The molecule has 222 valence electrons. The van der Waals surface area contributed by atoms with Gasteiger partial charge in [-0.25, -0.2) is 4.79 Å². The van der Waals surface area contributed by atoms with Crippen LogP contribution in [0.1, 0.15) is 149 Å². The van der Waals surface area contributed by atoms with Gasteiger partial charge in [0, 0.05) is 33.5 Å². The second-order valence-corrected chi connectivity index (χ2v) is 10.8. The van der Waals surface area contributed by atoms with Gasteiger partial charge in [-0.1, -0.05) is 129 Å². The summed E-state index contributed by atoms with van der Waals surface area (Å²) in [5.74, 6) is 0.447. The Labute approximate surface area is 231 Å². The average Bonchev–Trinajstić information content (AvgIpc) is 2.90. The molecule has 0 radical (unpaired) electrons. The fourth-order valence-electron chi connectivity index (χ4n) is 4.77. The molecule has 37 heavy (non-hydrogen) atoms. The molecule has 0 aliphatic carbocycles. The summed E-state index contributed by atoms with van der Waals surface area (Å²) in [6.45, 7) is 7.74. The molecule has 0 saturated carbocycles. The van der Waals surface area contributed by atoms with Gasteiger partial charge in [-0.15, -0.1) is 0 Å². The molecule has 0 heterocycles. The van der Waals surface area contributed by atoms with Crippen LogP contribution < -0.4 is 0 Å². The van der Waals surface area contributed by atoms with Gasteiger partial charge in [-0.2, -0.15) is 0 Å². The molecule has 0 atom stereocenters. The minimum Gasteiger partial charge on any atom is -0.464 e. The maximum absolute atomic E-state index is 12.1. The Hall–Kier alpha value is -0.650. The third kappa shape index (κ3) is 29.8. The van der Waals surface area contributed by atoms with E-state index in [4.69, 9.17) is 18.9 Å². The van der Waals surface area contributed by atoms with E-state index in [-0.39, 0.29) is 12.6 Å². The van der Waals surface area contributed by atoms with E-state index in [9.17, 15) is 4.79 Å². The molecule has 0 fully saturated rings. The SMILES string of the molecule is CCCCCCCCCCC(CCCCCCCCCC)CCOC(=O)COCCCOCCCOC. The number of rotatable bonds is 31. The maximum atomic E-state index is 12.1. The summed E-state index contributed by atoms with van der Waals surface area (Å²) in [7, 11) is 1.70. The number of methoxy groups -OCH3 is 1. The third-order valence-electron chi connectivity index (χ3n) is 7.16. The molecular weight excluding hydrogens is 464 g/mol. The van der Waals surface area contributed by atoms with Crippen LogP contribution in [0.15, 0.2) is 0 Å². The van der Waals surface area contributed by atoms with Crippen molar-refractivity contribution in [2.24, 2.45) is 5.92 Å². The Morgan fingerprint density at radius 2 is 0.973 bits per heavy atom. The highest BCUT2D eigenvalue weighted by Gasteiger charge is 2.11. The van der Waals surface area contributed by atoms with Crippen LogP contribution in [-0.2, 0) is 23.7 Å². The van der Waals surface area contributed by atoms with E-state index in [1.807, 2.05) is 0 Å². The number of ether oxygens (including phenoxy) is 4. The first-order valence-corrected chi connectivity index (χ1v) is 16.0. The highest BCUT2D eigenvalue weighted by Crippen LogP contribution is 2.22. The Kier molecular flexibility index (Phi) is 31.0. The van der Waals surface area contributed by atoms with Gasteiger partial charge in [-0.3, -0.25) is 0 Å². The highest BCUT2D eigenvalue weighted by molar-refractivity contribution is 5.70. The molecule has 0 N–H and O–H groups in total. The topological polar surface area (TPSA) is 54.0 Å². The van der Waals surface area contributed by atoms with E-state index in [1.54, 1.807) is 7.11 Å². The lowest BCUT2D eigenvalue weighted by Gasteiger charge is -2.17. The standard InChI is InChI=1S/C32H64O5/c1-4-6-8-10-12-14-16-18-22-31(23-19-17-15-13-11-9-7-5-2)24-29-37-32(33)30-36-28-21-27-35-26-20-25-34-3/h31H,4-30H2,1-3H3. The molecule has 0 unspecified atom stereocenters. The summed E-state index contributed by atoms with van der Waals surface area (Å²) in [5, 5.41) is 0. The lowest BCUT2D eigenvalue weighted by molar-refractivity contribution is -0.149. The first kappa shape index (κ1) is 36.4. The molecule has 0 bridgehead atoms. The summed E-state index contributed by atoms with van der Waals surface area (Å²) in [6.07, 6.45) is 27.1. The molecule has 0 rings (SSSR count). The Morgan fingerprint density at radius 3 is 1.49 bits per heavy atom. The number of esters is 1. The fourth-order valence-corrected chi connectivity index (χ4v) is 4.77. The van der Waals surface area contributed by atoms with Crippen LogP contribution in [0.2, 0.25) is 0 Å². The number of carbonyl (C=O) groups excluding carboxylic acids is 1. The van der Waals surface area contributed by atoms with Crippen molar-refractivity contribution in [2.75, 3.05) is 46.8 Å². The number of unbranched alkanes of at least 4 members (excludes halogenated alkanes) is 14. The fraction of sp³-hybridized carbons (Fsp3) is 0.969. The smallest absolute Gasteiger partial charge is 0.332 e. The van der Waals surface area contributed by atoms with Crippen molar-refractivity contribution < 1.29 is 23.7 Å². The van der Waals surface area contributed by atoms with Crippen molar-refractivity contribution in [1.29, 1.82) is 0 Å². The molecule has 0 aromatic carbocycles. The number of carbonyl (C=O) groups is 1. The van der Waals surface area contributed by atoms with Crippen LogP contribution in [0.25, 0.3) is 0 Å². The largest absolute Gasteiger partial charge is 0.464 e. The predicted octanol–water partition coefficient (Wildman–Crippen LogP) is 9.06. The molecule has 0 aromatic rings. The molecular formula is C32H64O5. The second kappa shape index (κ2) is 31.6. The van der Waals surface area contributed by atoms with Crippen molar-refractivity contribution in [1.82, 2.24) is 0 Å². The van der Waals surface area contributed by atoms with E-state index >= 15 is 0 Å². The van der Waals surface area contributed by atoms with Gasteiger partial charge < -0.3 is 18.9 Å². The van der Waals surface area contributed by atoms with E-state index in [0.717, 1.165) is 25.9 Å². The van der Waals surface area contributed by atoms with Crippen LogP contribution >= 0.6 is 0 Å². The Morgan fingerprint density at radius 1 is 0.514 bits per heavy atom. The summed E-state index contributed by atoms with van der Waals surface area (Å²) < 4.78 is 21.4. The summed E-state index contributed by atoms with van der Waals surface area (Å²) in [6, 6.07) is 0. The Balaban J connectivity index is 3.96. The molecule has 5 nitrogen and oxygen atoms in total.